The van der Waals surface area contributed by atoms with Gasteiger partial charge in [-0.3, -0.25) is 0 Å². The van der Waals surface area contributed by atoms with Crippen LogP contribution in [0.15, 0.2) is 56.3 Å². The number of sulfonamides is 1. The Morgan fingerprint density at radius 2 is 1.71 bits per heavy atom. The summed E-state index contributed by atoms with van der Waals surface area (Å²) in [7, 11) is -3.63. The highest BCUT2D eigenvalue weighted by atomic mass is 79.9. The molecule has 0 spiro atoms. The third-order valence-corrected chi connectivity index (χ3v) is 5.99. The van der Waals surface area contributed by atoms with Crippen LogP contribution in [0.25, 0.3) is 0 Å². The fourth-order valence-electron chi connectivity index (χ4n) is 1.85. The molecule has 3 N–H and O–H groups in total. The van der Waals surface area contributed by atoms with Gasteiger partial charge in [-0.25, -0.2) is 13.1 Å². The van der Waals surface area contributed by atoms with Crippen LogP contribution in [0.4, 0.5) is 5.69 Å². The van der Waals surface area contributed by atoms with Crippen molar-refractivity contribution in [1.29, 1.82) is 0 Å². The molecule has 112 valence electrons. The summed E-state index contributed by atoms with van der Waals surface area (Å²) in [6.07, 6.45) is 0. The molecule has 21 heavy (non-hydrogen) atoms. The van der Waals surface area contributed by atoms with Gasteiger partial charge in [0, 0.05) is 20.7 Å². The van der Waals surface area contributed by atoms with Crippen LogP contribution < -0.4 is 10.5 Å². The molecule has 4 nitrogen and oxygen atoms in total. The molecule has 2 aromatic carbocycles. The molecule has 0 saturated heterocycles. The minimum atomic E-state index is -3.63. The van der Waals surface area contributed by atoms with Crippen LogP contribution in [-0.4, -0.2) is 8.42 Å². The Morgan fingerprint density at radius 3 is 2.29 bits per heavy atom. The highest BCUT2D eigenvalue weighted by Crippen LogP contribution is 2.26. The maximum Gasteiger partial charge on any atom is 0.242 e. The highest BCUT2D eigenvalue weighted by molar-refractivity contribution is 9.10. The largest absolute Gasteiger partial charge is 0.399 e. The number of nitrogen functional groups attached to an aromatic ring is 1. The molecule has 0 unspecified atom stereocenters. The lowest BCUT2D eigenvalue weighted by molar-refractivity contribution is 0.566. The van der Waals surface area contributed by atoms with Crippen LogP contribution in [0, 0.1) is 0 Å². The third-order valence-electron chi connectivity index (χ3n) is 2.95. The van der Waals surface area contributed by atoms with Crippen molar-refractivity contribution in [3.8, 4) is 0 Å². The fraction of sp³-hybridized carbons (Fsp3) is 0.143. The summed E-state index contributed by atoms with van der Waals surface area (Å²) in [6, 6.07) is 11.8. The SMILES string of the molecule is C[C@@H](NS(=O)(=O)c1ccc(N)cc1Br)c1ccc(Br)cc1. The van der Waals surface area contributed by atoms with Gasteiger partial charge in [0.05, 0.1) is 4.90 Å². The maximum atomic E-state index is 12.4. The summed E-state index contributed by atoms with van der Waals surface area (Å²) in [5.41, 5.74) is 7.01. The van der Waals surface area contributed by atoms with Crippen molar-refractivity contribution in [2.75, 3.05) is 5.73 Å². The first-order chi connectivity index (χ1) is 9.79. The van der Waals surface area contributed by atoms with E-state index < -0.39 is 10.0 Å². The van der Waals surface area contributed by atoms with Crippen molar-refractivity contribution in [2.45, 2.75) is 17.9 Å². The van der Waals surface area contributed by atoms with E-state index >= 15 is 0 Å². The highest BCUT2D eigenvalue weighted by Gasteiger charge is 2.21. The van der Waals surface area contributed by atoms with Gasteiger partial charge in [0.1, 0.15) is 0 Å². The molecule has 1 atom stereocenters. The number of halogens is 2. The summed E-state index contributed by atoms with van der Waals surface area (Å²) in [4.78, 5) is 0.167. The van der Waals surface area contributed by atoms with Crippen LogP contribution in [-0.2, 0) is 10.0 Å². The quantitative estimate of drug-likeness (QED) is 0.719. The number of nitrogens with two attached hydrogens (primary N) is 1. The van der Waals surface area contributed by atoms with E-state index in [0.29, 0.717) is 10.2 Å². The van der Waals surface area contributed by atoms with Gasteiger partial charge >= 0.3 is 0 Å². The first-order valence-corrected chi connectivity index (χ1v) is 9.19. The van der Waals surface area contributed by atoms with Crippen molar-refractivity contribution >= 4 is 47.6 Å². The van der Waals surface area contributed by atoms with Crippen LogP contribution >= 0.6 is 31.9 Å². The lowest BCUT2D eigenvalue weighted by atomic mass is 10.1. The van der Waals surface area contributed by atoms with E-state index in [1.165, 1.54) is 6.07 Å². The van der Waals surface area contributed by atoms with Gasteiger partial charge in [0.15, 0.2) is 0 Å². The van der Waals surface area contributed by atoms with Crippen LogP contribution in [0.5, 0.6) is 0 Å². The third kappa shape index (κ3) is 4.06. The van der Waals surface area contributed by atoms with Gasteiger partial charge in [0.2, 0.25) is 10.0 Å². The Morgan fingerprint density at radius 1 is 1.10 bits per heavy atom. The van der Waals surface area contributed by atoms with Crippen molar-refractivity contribution in [3.05, 3.63) is 57.0 Å². The monoisotopic (exact) mass is 432 g/mol. The Bertz CT molecular complexity index is 746. The lowest BCUT2D eigenvalue weighted by Crippen LogP contribution is -2.27. The molecule has 0 bridgehead atoms. The van der Waals surface area contributed by atoms with Crippen molar-refractivity contribution < 1.29 is 8.42 Å². The Labute approximate surface area is 141 Å². The van der Waals surface area contributed by atoms with Crippen molar-refractivity contribution in [1.82, 2.24) is 4.72 Å². The molecule has 0 aliphatic rings. The molecule has 0 aliphatic heterocycles. The molecular weight excluding hydrogens is 420 g/mol. The molecule has 0 fully saturated rings. The second-order valence-electron chi connectivity index (χ2n) is 4.58. The van der Waals surface area contributed by atoms with Crippen LogP contribution in [0.1, 0.15) is 18.5 Å². The van der Waals surface area contributed by atoms with E-state index in [0.717, 1.165) is 10.0 Å². The molecule has 0 heterocycles. The van der Waals surface area contributed by atoms with E-state index in [2.05, 4.69) is 36.6 Å². The minimum Gasteiger partial charge on any atom is -0.399 e. The zero-order valence-corrected chi connectivity index (χ0v) is 15.2. The topological polar surface area (TPSA) is 72.2 Å². The number of benzene rings is 2. The summed E-state index contributed by atoms with van der Waals surface area (Å²) < 4.78 is 28.9. The summed E-state index contributed by atoms with van der Waals surface area (Å²) >= 11 is 6.59. The first kappa shape index (κ1) is 16.5. The van der Waals surface area contributed by atoms with Gasteiger partial charge < -0.3 is 5.73 Å². The van der Waals surface area contributed by atoms with E-state index in [1.54, 1.807) is 19.1 Å². The molecule has 0 saturated carbocycles. The predicted molar refractivity (Wildman–Crippen MR) is 91.4 cm³/mol. The van der Waals surface area contributed by atoms with Gasteiger partial charge in [-0.05, 0) is 58.7 Å². The zero-order valence-electron chi connectivity index (χ0n) is 11.2. The predicted octanol–water partition coefficient (Wildman–Crippen LogP) is 3.83. The van der Waals surface area contributed by atoms with E-state index in [4.69, 9.17) is 5.73 Å². The van der Waals surface area contributed by atoms with Crippen molar-refractivity contribution in [3.63, 3.8) is 0 Å². The van der Waals surface area contributed by atoms with Gasteiger partial charge in [-0.2, -0.15) is 0 Å². The molecule has 0 radical (unpaired) electrons. The average molecular weight is 434 g/mol. The Balaban J connectivity index is 2.26. The van der Waals surface area contributed by atoms with E-state index in [9.17, 15) is 8.42 Å². The zero-order chi connectivity index (χ0) is 15.6. The van der Waals surface area contributed by atoms with E-state index in [-0.39, 0.29) is 10.9 Å². The average Bonchev–Trinajstić information content (AvgIpc) is 2.38. The van der Waals surface area contributed by atoms with E-state index in [1.807, 2.05) is 24.3 Å². The smallest absolute Gasteiger partial charge is 0.242 e. The first-order valence-electron chi connectivity index (χ1n) is 6.12. The lowest BCUT2D eigenvalue weighted by Gasteiger charge is -2.15. The number of hydrogen-bond acceptors (Lipinski definition) is 3. The van der Waals surface area contributed by atoms with Gasteiger partial charge in [-0.15, -0.1) is 0 Å². The molecule has 2 rings (SSSR count). The van der Waals surface area contributed by atoms with Crippen LogP contribution in [0.2, 0.25) is 0 Å². The van der Waals surface area contributed by atoms with Crippen molar-refractivity contribution in [2.24, 2.45) is 0 Å². The Kier molecular flexibility index (Phi) is 5.08. The number of anilines is 1. The summed E-state index contributed by atoms with van der Waals surface area (Å²) in [5.74, 6) is 0. The summed E-state index contributed by atoms with van der Waals surface area (Å²) in [6.45, 7) is 1.80. The minimum absolute atomic E-state index is 0.167. The summed E-state index contributed by atoms with van der Waals surface area (Å²) in [5, 5.41) is 0. The number of hydrogen-bond donors (Lipinski definition) is 2. The Hall–Kier alpha value is -0.890. The van der Waals surface area contributed by atoms with Crippen LogP contribution in [0.3, 0.4) is 0 Å². The second-order valence-corrected chi connectivity index (χ2v) is 8.04. The molecule has 0 aliphatic carbocycles. The number of nitrogens with one attached hydrogen (secondary N) is 1. The molecule has 0 aromatic heterocycles. The number of rotatable bonds is 4. The molecule has 0 amide bonds. The maximum absolute atomic E-state index is 12.4. The van der Waals surface area contributed by atoms with Gasteiger partial charge in [-0.1, -0.05) is 28.1 Å². The van der Waals surface area contributed by atoms with Gasteiger partial charge in [0.25, 0.3) is 0 Å². The molecule has 2 aromatic rings. The fourth-order valence-corrected chi connectivity index (χ4v) is 4.44. The standard InChI is InChI=1S/C14H14Br2N2O2S/c1-9(10-2-4-11(15)5-3-10)18-21(19,20)14-7-6-12(17)8-13(14)16/h2-9,18H,17H2,1H3/t9-/m1/s1. The molecular formula is C14H14Br2N2O2S. The normalized spacial score (nSPS) is 13.1. The molecule has 7 heteroatoms. The second kappa shape index (κ2) is 6.48.